The highest BCUT2D eigenvalue weighted by Gasteiger charge is 2.42. The van der Waals surface area contributed by atoms with Crippen LogP contribution in [0.3, 0.4) is 0 Å². The lowest BCUT2D eigenvalue weighted by Gasteiger charge is -2.45. The van der Waals surface area contributed by atoms with Crippen molar-refractivity contribution in [1.29, 1.82) is 0 Å². The Kier molecular flexibility index (Phi) is 8.80. The van der Waals surface area contributed by atoms with Gasteiger partial charge in [0.2, 0.25) is 0 Å². The Morgan fingerprint density at radius 2 is 1.04 bits per heavy atom. The standard InChI is InChI=1S/2C22H34N2O.CH4/c2*1-20(2)11-9-15(10-12-20)19-17(23)7-8-18(24-19)16-13-21(3,4)25-22(5,6)14-16;/h2*7-9,16H,10-14,23H2,1-6H3;1H4/i9D,10D2,12D;9D,10D2,11D;. The summed E-state index contributed by atoms with van der Waals surface area (Å²) >= 11 is 0. The van der Waals surface area contributed by atoms with E-state index in [2.05, 4.69) is 55.4 Å². The van der Waals surface area contributed by atoms with Crippen LogP contribution in [0.25, 0.3) is 11.1 Å². The van der Waals surface area contributed by atoms with Crippen molar-refractivity contribution < 1.29 is 20.4 Å². The van der Waals surface area contributed by atoms with E-state index in [9.17, 15) is 0 Å². The van der Waals surface area contributed by atoms with Crippen molar-refractivity contribution in [1.82, 2.24) is 9.97 Å². The molecule has 51 heavy (non-hydrogen) atoms. The van der Waals surface area contributed by atoms with Gasteiger partial charge >= 0.3 is 0 Å². The van der Waals surface area contributed by atoms with E-state index >= 15 is 0 Å². The second-order valence-electron chi connectivity index (χ2n) is 18.8. The van der Waals surface area contributed by atoms with E-state index in [0.717, 1.165) is 37.1 Å². The summed E-state index contributed by atoms with van der Waals surface area (Å²) < 4.78 is 81.0. The molecule has 0 spiro atoms. The van der Waals surface area contributed by atoms with Crippen molar-refractivity contribution in [3.63, 3.8) is 0 Å². The van der Waals surface area contributed by atoms with Gasteiger partial charge in [-0.05, 0) is 166 Å². The molecular weight excluding hydrogens is 629 g/mol. The van der Waals surface area contributed by atoms with Gasteiger partial charge in [-0.2, -0.15) is 0 Å². The molecule has 0 bridgehead atoms. The Morgan fingerprint density at radius 1 is 0.627 bits per heavy atom. The number of aromatic nitrogens is 2. The normalized spacial score (nSPS) is 32.5. The molecule has 284 valence electrons. The van der Waals surface area contributed by atoms with Crippen LogP contribution >= 0.6 is 0 Å². The van der Waals surface area contributed by atoms with Gasteiger partial charge < -0.3 is 20.9 Å². The lowest BCUT2D eigenvalue weighted by Crippen LogP contribution is -2.44. The van der Waals surface area contributed by atoms with Crippen molar-refractivity contribution in [2.75, 3.05) is 11.5 Å². The number of nitrogens with zero attached hydrogens (tertiary/aromatic N) is 2. The van der Waals surface area contributed by atoms with E-state index in [0.29, 0.717) is 29.2 Å². The van der Waals surface area contributed by atoms with Gasteiger partial charge in [0.15, 0.2) is 0 Å². The van der Waals surface area contributed by atoms with Crippen LogP contribution in [0.2, 0.25) is 0 Å². The first-order valence-electron chi connectivity index (χ1n) is 22.5. The van der Waals surface area contributed by atoms with Crippen molar-refractivity contribution in [2.24, 2.45) is 10.8 Å². The molecule has 2 saturated heterocycles. The number of ether oxygens (including phenoxy) is 2. The molecule has 4 N–H and O–H groups in total. The third kappa shape index (κ3) is 10.7. The average Bonchev–Trinajstić information content (AvgIpc) is 3.01. The molecular formula is C45H72N4O2. The molecule has 2 aromatic rings. The zero-order valence-electron chi connectivity index (χ0n) is 40.7. The summed E-state index contributed by atoms with van der Waals surface area (Å²) in [5.41, 5.74) is 13.5. The number of rotatable bonds is 4. The van der Waals surface area contributed by atoms with Crippen LogP contribution in [0.4, 0.5) is 11.4 Å². The number of nitrogens with two attached hydrogens (primary N) is 2. The highest BCUT2D eigenvalue weighted by Crippen LogP contribution is 2.46. The quantitative estimate of drug-likeness (QED) is 0.328. The predicted molar refractivity (Wildman–Crippen MR) is 218 cm³/mol. The molecule has 6 heteroatoms. The van der Waals surface area contributed by atoms with Crippen molar-refractivity contribution >= 4 is 22.5 Å². The summed E-state index contributed by atoms with van der Waals surface area (Å²) in [6, 6.07) is 7.52. The van der Waals surface area contributed by atoms with Crippen LogP contribution in [-0.4, -0.2) is 32.4 Å². The van der Waals surface area contributed by atoms with Crippen LogP contribution < -0.4 is 11.5 Å². The lowest BCUT2D eigenvalue weighted by atomic mass is 9.77. The van der Waals surface area contributed by atoms with Crippen LogP contribution in [-0.2, 0) is 9.47 Å². The number of pyridine rings is 2. The topological polar surface area (TPSA) is 96.3 Å². The Labute approximate surface area is 322 Å². The summed E-state index contributed by atoms with van der Waals surface area (Å²) in [7, 11) is 0. The van der Waals surface area contributed by atoms with Gasteiger partial charge in [0.05, 0.1) is 47.9 Å². The first-order chi connectivity index (χ1) is 26.1. The minimum Gasteiger partial charge on any atom is -0.397 e. The Hall–Kier alpha value is -2.70. The fourth-order valence-corrected chi connectivity index (χ4v) is 8.10. The zero-order valence-corrected chi connectivity index (χ0v) is 32.7. The van der Waals surface area contributed by atoms with Gasteiger partial charge in [-0.1, -0.05) is 47.2 Å². The summed E-state index contributed by atoms with van der Waals surface area (Å²) in [6.45, 7) is 24.0. The van der Waals surface area contributed by atoms with Gasteiger partial charge in [0.1, 0.15) is 0 Å². The second-order valence-corrected chi connectivity index (χ2v) is 18.8. The van der Waals surface area contributed by atoms with Gasteiger partial charge in [0.25, 0.3) is 0 Å². The Bertz CT molecular complexity index is 1940. The molecule has 2 fully saturated rings. The molecule has 2 aromatic heterocycles. The van der Waals surface area contributed by atoms with E-state index in [-0.39, 0.29) is 71.3 Å². The number of nitrogen functional groups attached to an aromatic ring is 2. The Balaban J connectivity index is 0.000000256. The molecule has 0 amide bonds. The zero-order chi connectivity index (χ0) is 44.0. The number of anilines is 2. The van der Waals surface area contributed by atoms with Gasteiger partial charge in [-0.25, -0.2) is 0 Å². The maximum Gasteiger partial charge on any atom is 0.0891 e. The second kappa shape index (κ2) is 14.6. The molecule has 6 rings (SSSR count). The number of hydrogen-bond donors (Lipinski definition) is 2. The predicted octanol–water partition coefficient (Wildman–Crippen LogP) is 12.1. The largest absolute Gasteiger partial charge is 0.397 e. The fourth-order valence-electron chi connectivity index (χ4n) is 8.10. The van der Waals surface area contributed by atoms with Gasteiger partial charge in [0, 0.05) is 31.4 Å². The van der Waals surface area contributed by atoms with E-state index in [1.807, 2.05) is 39.8 Å². The first kappa shape index (κ1) is 30.7. The molecule has 0 radical (unpaired) electrons. The first-order valence-corrected chi connectivity index (χ1v) is 18.3. The smallest absolute Gasteiger partial charge is 0.0891 e. The molecule has 4 aliphatic rings. The summed E-state index contributed by atoms with van der Waals surface area (Å²) in [5, 5.41) is 0. The molecule has 0 aromatic carbocycles. The molecule has 6 nitrogen and oxygen atoms in total. The van der Waals surface area contributed by atoms with Crippen LogP contribution in [0, 0.1) is 10.8 Å². The maximum absolute atomic E-state index is 8.64. The van der Waals surface area contributed by atoms with E-state index in [1.54, 1.807) is 12.1 Å². The van der Waals surface area contributed by atoms with Gasteiger partial charge in [-0.3, -0.25) is 9.97 Å². The fraction of sp³-hybridized carbons (Fsp3) is 0.689. The van der Waals surface area contributed by atoms with E-state index in [1.165, 1.54) is 0 Å². The summed E-state index contributed by atoms with van der Waals surface area (Å²) in [4.78, 5) is 9.59. The average molecular weight is 709 g/mol. The highest BCUT2D eigenvalue weighted by molar-refractivity contribution is 5.73. The molecule has 2 unspecified atom stereocenters. The maximum atomic E-state index is 8.64. The number of allylic oxidation sites excluding steroid dienone is 4. The van der Waals surface area contributed by atoms with Crippen molar-refractivity contribution in [2.45, 2.75) is 189 Å². The number of hydrogen-bond acceptors (Lipinski definition) is 6. The van der Waals surface area contributed by atoms with Crippen LogP contribution in [0.1, 0.15) is 200 Å². The minimum absolute atomic E-state index is 0. The molecule has 0 saturated carbocycles. The van der Waals surface area contributed by atoms with Crippen LogP contribution in [0.15, 0.2) is 36.4 Å². The van der Waals surface area contributed by atoms with Crippen molar-refractivity contribution in [3.8, 4) is 0 Å². The molecule has 2 atom stereocenters. The Morgan fingerprint density at radius 3 is 1.47 bits per heavy atom. The van der Waals surface area contributed by atoms with Crippen molar-refractivity contribution in [3.05, 3.63) is 59.1 Å². The minimum atomic E-state index is -1.99. The molecule has 2 aliphatic heterocycles. The monoisotopic (exact) mass is 709 g/mol. The highest BCUT2D eigenvalue weighted by atomic mass is 16.5. The van der Waals surface area contributed by atoms with E-state index in [4.69, 9.17) is 41.9 Å². The van der Waals surface area contributed by atoms with E-state index < -0.39 is 36.4 Å². The third-order valence-electron chi connectivity index (χ3n) is 9.92. The molecule has 4 heterocycles. The molecule has 2 aliphatic carbocycles. The SMILES string of the molecule is C.[2H]C1=C(c2nc(C3CC(C)(C)OC(C)(C)C3)ccc2N)C([2H])([2H])C([2H])C(C)(C)C1.[2H]C1=C(c2nc(C3CC(C)(C)OC(C)(C)C3)ccc2N)C([2H])([2H])CC(C)(C)C1[2H]. The van der Waals surface area contributed by atoms with Crippen LogP contribution in [0.5, 0.6) is 0 Å². The van der Waals surface area contributed by atoms with Gasteiger partial charge in [-0.15, -0.1) is 0 Å². The lowest BCUT2D eigenvalue weighted by molar-refractivity contribution is -0.162. The summed E-state index contributed by atoms with van der Waals surface area (Å²) in [5.74, 6) is 0.307. The third-order valence-corrected chi connectivity index (χ3v) is 9.92. The summed E-state index contributed by atoms with van der Waals surface area (Å²) in [6.07, 6.45) is -1.84.